The Morgan fingerprint density at radius 3 is 2.42 bits per heavy atom. The van der Waals surface area contributed by atoms with Crippen LogP contribution in [0.3, 0.4) is 0 Å². The van der Waals surface area contributed by atoms with Crippen LogP contribution in [-0.2, 0) is 4.79 Å². The molecule has 1 N–H and O–H groups in total. The molecule has 122 valence electrons. The van der Waals surface area contributed by atoms with Gasteiger partial charge in [-0.15, -0.1) is 0 Å². The molecule has 2 aromatic carbocycles. The molecule has 0 radical (unpaired) electrons. The van der Waals surface area contributed by atoms with Gasteiger partial charge in [0.1, 0.15) is 11.4 Å². The summed E-state index contributed by atoms with van der Waals surface area (Å²) < 4.78 is 5.08. The molecule has 1 aliphatic heterocycles. The number of hydrogen-bond acceptors (Lipinski definition) is 3. The molecule has 3 rings (SSSR count). The summed E-state index contributed by atoms with van der Waals surface area (Å²) in [6.45, 7) is 0. The third-order valence-corrected chi connectivity index (χ3v) is 4.00. The van der Waals surface area contributed by atoms with Gasteiger partial charge in [-0.25, -0.2) is 9.69 Å². The first kappa shape index (κ1) is 16.4. The molecule has 0 unspecified atom stereocenters. The zero-order valence-corrected chi connectivity index (χ0v) is 14.1. The van der Waals surface area contributed by atoms with Gasteiger partial charge < -0.3 is 10.1 Å². The van der Waals surface area contributed by atoms with Crippen LogP contribution in [0.1, 0.15) is 5.56 Å². The van der Waals surface area contributed by atoms with E-state index < -0.39 is 11.9 Å². The lowest BCUT2D eigenvalue weighted by molar-refractivity contribution is -0.113. The minimum atomic E-state index is -0.520. The Bertz CT molecular complexity index is 847. The minimum Gasteiger partial charge on any atom is -0.495 e. The molecule has 0 spiro atoms. The molecule has 7 heteroatoms. The van der Waals surface area contributed by atoms with Crippen LogP contribution in [-0.4, -0.2) is 19.0 Å². The van der Waals surface area contributed by atoms with E-state index in [9.17, 15) is 9.59 Å². The van der Waals surface area contributed by atoms with E-state index in [1.165, 1.54) is 7.11 Å². The molecule has 1 aliphatic rings. The first-order valence-electron chi connectivity index (χ1n) is 6.96. The third kappa shape index (κ3) is 3.09. The fourth-order valence-electron chi connectivity index (χ4n) is 2.30. The number of carbonyl (C=O) groups excluding carboxylic acids is 2. The summed E-state index contributed by atoms with van der Waals surface area (Å²) in [5, 5.41) is 3.49. The Labute approximate surface area is 148 Å². The Kier molecular flexibility index (Phi) is 4.46. The highest BCUT2D eigenvalue weighted by atomic mass is 35.5. The van der Waals surface area contributed by atoms with Gasteiger partial charge in [-0.2, -0.15) is 0 Å². The number of rotatable bonds is 3. The van der Waals surface area contributed by atoms with E-state index >= 15 is 0 Å². The van der Waals surface area contributed by atoms with Gasteiger partial charge in [-0.05, 0) is 48.0 Å². The number of methoxy groups -OCH3 is 1. The fourth-order valence-corrected chi connectivity index (χ4v) is 2.69. The van der Waals surface area contributed by atoms with Crippen LogP contribution >= 0.6 is 23.2 Å². The number of anilines is 1. The van der Waals surface area contributed by atoms with Crippen molar-refractivity contribution in [3.63, 3.8) is 0 Å². The number of hydrogen-bond donors (Lipinski definition) is 1. The van der Waals surface area contributed by atoms with Gasteiger partial charge in [0.15, 0.2) is 0 Å². The summed E-state index contributed by atoms with van der Waals surface area (Å²) in [5.41, 5.74) is 1.27. The zero-order chi connectivity index (χ0) is 17.3. The predicted octanol–water partition coefficient (Wildman–Crippen LogP) is 4.10. The van der Waals surface area contributed by atoms with E-state index in [4.69, 9.17) is 27.9 Å². The van der Waals surface area contributed by atoms with E-state index in [2.05, 4.69) is 5.32 Å². The summed E-state index contributed by atoms with van der Waals surface area (Å²) in [4.78, 5) is 25.7. The molecular weight excluding hydrogens is 351 g/mol. The lowest BCUT2D eigenvalue weighted by Crippen LogP contribution is -2.30. The van der Waals surface area contributed by atoms with Gasteiger partial charge in [0.2, 0.25) is 0 Å². The second-order valence-corrected chi connectivity index (χ2v) is 5.84. The third-order valence-electron chi connectivity index (χ3n) is 3.45. The van der Waals surface area contributed by atoms with Crippen molar-refractivity contribution in [1.29, 1.82) is 0 Å². The number of halogens is 2. The van der Waals surface area contributed by atoms with Crippen molar-refractivity contribution in [1.82, 2.24) is 5.32 Å². The molecule has 1 saturated heterocycles. The van der Waals surface area contributed by atoms with Gasteiger partial charge >= 0.3 is 6.03 Å². The Hall–Kier alpha value is -2.50. The maximum atomic E-state index is 12.5. The van der Waals surface area contributed by atoms with Gasteiger partial charge in [-0.3, -0.25) is 4.79 Å². The largest absolute Gasteiger partial charge is 0.495 e. The molecule has 1 heterocycles. The van der Waals surface area contributed by atoms with E-state index in [-0.39, 0.29) is 5.70 Å². The summed E-state index contributed by atoms with van der Waals surface area (Å²) in [7, 11) is 1.52. The van der Waals surface area contributed by atoms with Crippen molar-refractivity contribution in [3.05, 3.63) is 63.8 Å². The van der Waals surface area contributed by atoms with E-state index in [1.54, 1.807) is 48.5 Å². The first-order valence-corrected chi connectivity index (χ1v) is 7.71. The molecule has 3 amide bonds. The second kappa shape index (κ2) is 6.55. The highest BCUT2D eigenvalue weighted by Gasteiger charge is 2.34. The number of carbonyl (C=O) groups is 2. The molecular formula is C17H12Cl2N2O3. The number of urea groups is 1. The van der Waals surface area contributed by atoms with Crippen LogP contribution < -0.4 is 15.0 Å². The number of imide groups is 1. The summed E-state index contributed by atoms with van der Waals surface area (Å²) in [5.74, 6) is 0.0812. The molecule has 1 fully saturated rings. The van der Waals surface area contributed by atoms with Gasteiger partial charge in [0.25, 0.3) is 5.91 Å². The van der Waals surface area contributed by atoms with Crippen molar-refractivity contribution < 1.29 is 14.3 Å². The van der Waals surface area contributed by atoms with Crippen molar-refractivity contribution in [2.75, 3.05) is 12.0 Å². The normalized spacial score (nSPS) is 15.8. The number of nitrogens with zero attached hydrogens (tertiary/aromatic N) is 1. The lowest BCUT2D eigenvalue weighted by Gasteiger charge is -2.11. The maximum Gasteiger partial charge on any atom is 0.333 e. The summed E-state index contributed by atoms with van der Waals surface area (Å²) in [6.07, 6.45) is 1.56. The maximum absolute atomic E-state index is 12.5. The smallest absolute Gasteiger partial charge is 0.333 e. The number of amides is 3. The highest BCUT2D eigenvalue weighted by molar-refractivity contribution is 6.32. The number of nitrogens with one attached hydrogen (secondary N) is 1. The van der Waals surface area contributed by atoms with Crippen molar-refractivity contribution in [3.8, 4) is 5.75 Å². The summed E-state index contributed by atoms with van der Waals surface area (Å²) >= 11 is 11.9. The highest BCUT2D eigenvalue weighted by Crippen LogP contribution is 2.27. The first-order chi connectivity index (χ1) is 11.5. The molecule has 2 aromatic rings. The van der Waals surface area contributed by atoms with Crippen molar-refractivity contribution in [2.24, 2.45) is 0 Å². The molecule has 0 atom stereocenters. The van der Waals surface area contributed by atoms with Gasteiger partial charge in [0, 0.05) is 5.02 Å². The van der Waals surface area contributed by atoms with Crippen molar-refractivity contribution in [2.45, 2.75) is 0 Å². The van der Waals surface area contributed by atoms with Crippen LogP contribution in [0.5, 0.6) is 5.75 Å². The molecule has 5 nitrogen and oxygen atoms in total. The predicted molar refractivity (Wildman–Crippen MR) is 93.5 cm³/mol. The van der Waals surface area contributed by atoms with Crippen LogP contribution in [0.25, 0.3) is 6.08 Å². The van der Waals surface area contributed by atoms with E-state index in [0.717, 1.165) is 4.90 Å². The Morgan fingerprint density at radius 1 is 1.08 bits per heavy atom. The molecule has 24 heavy (non-hydrogen) atoms. The molecule has 0 saturated carbocycles. The Balaban J connectivity index is 1.90. The molecule has 0 bridgehead atoms. The fraction of sp³-hybridized carbons (Fsp3) is 0.0588. The van der Waals surface area contributed by atoms with Gasteiger partial charge in [0.05, 0.1) is 17.8 Å². The summed E-state index contributed by atoms with van der Waals surface area (Å²) in [6, 6.07) is 11.0. The lowest BCUT2D eigenvalue weighted by atomic mass is 10.2. The van der Waals surface area contributed by atoms with Crippen LogP contribution in [0.15, 0.2) is 48.2 Å². The average molecular weight is 363 g/mol. The quantitative estimate of drug-likeness (QED) is 0.660. The van der Waals surface area contributed by atoms with Crippen LogP contribution in [0, 0.1) is 0 Å². The average Bonchev–Trinajstić information content (AvgIpc) is 2.83. The van der Waals surface area contributed by atoms with Crippen LogP contribution in [0.4, 0.5) is 10.5 Å². The van der Waals surface area contributed by atoms with Crippen LogP contribution in [0.2, 0.25) is 10.0 Å². The number of ether oxygens (including phenoxy) is 1. The van der Waals surface area contributed by atoms with E-state index in [1.807, 2.05) is 0 Å². The van der Waals surface area contributed by atoms with E-state index in [0.29, 0.717) is 27.0 Å². The minimum absolute atomic E-state index is 0.163. The number of benzene rings is 2. The van der Waals surface area contributed by atoms with Crippen molar-refractivity contribution >= 4 is 46.9 Å². The van der Waals surface area contributed by atoms with Gasteiger partial charge in [-0.1, -0.05) is 29.3 Å². The monoisotopic (exact) mass is 362 g/mol. The molecule has 0 aliphatic carbocycles. The Morgan fingerprint density at radius 2 is 1.79 bits per heavy atom. The molecule has 0 aromatic heterocycles. The topological polar surface area (TPSA) is 58.6 Å². The standard InChI is InChI=1S/C17H12Cl2N2O3/c1-24-15-7-2-10(8-13(15)19)9-14-16(22)21(17(23)20-14)12-5-3-11(18)4-6-12/h2-9H,1H3,(H,20,23)/b14-9+. The second-order valence-electron chi connectivity index (χ2n) is 5.00. The SMILES string of the molecule is COc1ccc(/C=C2/NC(=O)N(c3ccc(Cl)cc3)C2=O)cc1Cl. The zero-order valence-electron chi connectivity index (χ0n) is 12.5.